The van der Waals surface area contributed by atoms with Crippen LogP contribution in [0.3, 0.4) is 0 Å². The minimum atomic E-state index is -0.101. The lowest BCUT2D eigenvalue weighted by atomic mass is 10.3. The highest BCUT2D eigenvalue weighted by Crippen LogP contribution is 2.16. The molecule has 0 amide bonds. The van der Waals surface area contributed by atoms with Crippen molar-refractivity contribution in [3.63, 3.8) is 0 Å². The molecule has 0 bridgehead atoms. The van der Waals surface area contributed by atoms with Gasteiger partial charge in [-0.1, -0.05) is 6.92 Å². The maximum Gasteiger partial charge on any atom is 0.166 e. The Kier molecular flexibility index (Phi) is 9.93. The molecule has 0 saturated heterocycles. The van der Waals surface area contributed by atoms with E-state index in [0.717, 1.165) is 12.2 Å². The molecule has 0 aromatic rings. The summed E-state index contributed by atoms with van der Waals surface area (Å²) in [7, 11) is 0. The highest BCUT2D eigenvalue weighted by molar-refractivity contribution is 7.99. The second-order valence-electron chi connectivity index (χ2n) is 3.00. The fourth-order valence-electron chi connectivity index (χ4n) is 1.02. The van der Waals surface area contributed by atoms with Crippen molar-refractivity contribution >= 4 is 11.8 Å². The van der Waals surface area contributed by atoms with Crippen molar-refractivity contribution in [1.82, 2.24) is 0 Å². The van der Waals surface area contributed by atoms with Gasteiger partial charge in [-0.25, -0.2) is 0 Å². The van der Waals surface area contributed by atoms with Crippen molar-refractivity contribution in [2.75, 3.05) is 25.6 Å². The Morgan fingerprint density at radius 3 is 2.21 bits per heavy atom. The molecular weight excluding hydrogens is 200 g/mol. The molecule has 0 aromatic heterocycles. The molecule has 0 rings (SSSR count). The molecule has 1 N–H and O–H groups in total. The number of hydrogen-bond acceptors (Lipinski definition) is 4. The summed E-state index contributed by atoms with van der Waals surface area (Å²) in [6, 6.07) is 0. The van der Waals surface area contributed by atoms with Crippen molar-refractivity contribution in [3.05, 3.63) is 0 Å². The van der Waals surface area contributed by atoms with Crippen molar-refractivity contribution in [3.8, 4) is 0 Å². The quantitative estimate of drug-likeness (QED) is 0.605. The highest BCUT2D eigenvalue weighted by Gasteiger charge is 2.10. The third kappa shape index (κ3) is 7.62. The first kappa shape index (κ1) is 14.2. The second kappa shape index (κ2) is 9.77. The molecule has 0 spiro atoms. The minimum absolute atomic E-state index is 0.101. The van der Waals surface area contributed by atoms with Crippen LogP contribution in [0.5, 0.6) is 0 Å². The van der Waals surface area contributed by atoms with E-state index in [0.29, 0.717) is 18.5 Å². The summed E-state index contributed by atoms with van der Waals surface area (Å²) in [6.07, 6.45) is 0.728. The molecular formula is C10H22O3S. The largest absolute Gasteiger partial charge is 0.396 e. The predicted octanol–water partition coefficient (Wildman–Crippen LogP) is 1.89. The first-order valence-corrected chi connectivity index (χ1v) is 6.25. The Labute approximate surface area is 91.2 Å². The Morgan fingerprint density at radius 2 is 1.79 bits per heavy atom. The molecule has 0 aliphatic heterocycles. The van der Waals surface area contributed by atoms with E-state index in [4.69, 9.17) is 14.6 Å². The molecule has 0 aliphatic rings. The molecule has 0 fully saturated rings. The van der Waals surface area contributed by atoms with Gasteiger partial charge in [-0.3, -0.25) is 0 Å². The molecule has 0 heterocycles. The molecule has 3 nitrogen and oxygen atoms in total. The maximum absolute atomic E-state index is 8.73. The number of ether oxygens (including phenoxy) is 2. The van der Waals surface area contributed by atoms with Crippen LogP contribution in [0.4, 0.5) is 0 Å². The van der Waals surface area contributed by atoms with Crippen molar-refractivity contribution in [2.24, 2.45) is 0 Å². The zero-order valence-electron chi connectivity index (χ0n) is 9.36. The topological polar surface area (TPSA) is 38.7 Å². The summed E-state index contributed by atoms with van der Waals surface area (Å²) in [5.41, 5.74) is 0. The summed E-state index contributed by atoms with van der Waals surface area (Å²) in [4.78, 5) is 0. The third-order valence-electron chi connectivity index (χ3n) is 1.76. The van der Waals surface area contributed by atoms with Gasteiger partial charge in [0.15, 0.2) is 6.29 Å². The van der Waals surface area contributed by atoms with Crippen LogP contribution in [0.1, 0.15) is 27.2 Å². The van der Waals surface area contributed by atoms with Crippen LogP contribution >= 0.6 is 11.8 Å². The van der Waals surface area contributed by atoms with Gasteiger partial charge in [0.25, 0.3) is 0 Å². The monoisotopic (exact) mass is 222 g/mol. The minimum Gasteiger partial charge on any atom is -0.396 e. The molecule has 4 heteroatoms. The van der Waals surface area contributed by atoms with Gasteiger partial charge in [-0.2, -0.15) is 11.8 Å². The van der Waals surface area contributed by atoms with Crippen LogP contribution < -0.4 is 0 Å². The van der Waals surface area contributed by atoms with Gasteiger partial charge >= 0.3 is 0 Å². The van der Waals surface area contributed by atoms with E-state index in [1.165, 1.54) is 0 Å². The molecule has 1 unspecified atom stereocenters. The summed E-state index contributed by atoms with van der Waals surface area (Å²) < 4.78 is 10.8. The summed E-state index contributed by atoms with van der Waals surface area (Å²) >= 11 is 1.78. The Hall–Kier alpha value is 0.230. The zero-order valence-corrected chi connectivity index (χ0v) is 10.2. The number of aliphatic hydroxyl groups excluding tert-OH is 1. The Morgan fingerprint density at radius 1 is 1.21 bits per heavy atom. The molecule has 14 heavy (non-hydrogen) atoms. The lowest BCUT2D eigenvalue weighted by molar-refractivity contribution is -0.120. The average Bonchev–Trinajstić information content (AvgIpc) is 2.15. The van der Waals surface area contributed by atoms with Crippen molar-refractivity contribution < 1.29 is 14.6 Å². The lowest BCUT2D eigenvalue weighted by Gasteiger charge is -2.18. The first-order valence-electron chi connectivity index (χ1n) is 5.20. The SMILES string of the molecule is CCOC(CSC(C)CCO)OCC. The van der Waals surface area contributed by atoms with Crippen LogP contribution in [0.15, 0.2) is 0 Å². The van der Waals surface area contributed by atoms with Gasteiger partial charge in [0.2, 0.25) is 0 Å². The van der Waals surface area contributed by atoms with Gasteiger partial charge in [0.05, 0.1) is 0 Å². The fourth-order valence-corrected chi connectivity index (χ4v) is 1.97. The van der Waals surface area contributed by atoms with Crippen LogP contribution in [-0.4, -0.2) is 42.2 Å². The van der Waals surface area contributed by atoms with Gasteiger partial charge in [-0.05, 0) is 20.3 Å². The lowest BCUT2D eigenvalue weighted by Crippen LogP contribution is -2.21. The van der Waals surface area contributed by atoms with Gasteiger partial charge < -0.3 is 14.6 Å². The van der Waals surface area contributed by atoms with E-state index in [1.54, 1.807) is 11.8 Å². The highest BCUT2D eigenvalue weighted by atomic mass is 32.2. The summed E-state index contributed by atoms with van der Waals surface area (Å²) in [5, 5.41) is 9.19. The number of thioether (sulfide) groups is 1. The molecule has 0 radical (unpaired) electrons. The second-order valence-corrected chi connectivity index (χ2v) is 4.47. The molecule has 86 valence electrons. The molecule has 0 saturated carbocycles. The van der Waals surface area contributed by atoms with E-state index in [-0.39, 0.29) is 12.9 Å². The summed E-state index contributed by atoms with van der Waals surface area (Å²) in [6.45, 7) is 7.65. The zero-order chi connectivity index (χ0) is 10.8. The number of aliphatic hydroxyl groups is 1. The fraction of sp³-hybridized carbons (Fsp3) is 1.00. The van der Waals surface area contributed by atoms with E-state index in [9.17, 15) is 0 Å². The normalized spacial score (nSPS) is 13.5. The van der Waals surface area contributed by atoms with Crippen LogP contribution in [0, 0.1) is 0 Å². The van der Waals surface area contributed by atoms with Gasteiger partial charge in [-0.15, -0.1) is 0 Å². The third-order valence-corrected chi connectivity index (χ3v) is 3.03. The molecule has 0 aromatic carbocycles. The summed E-state index contributed by atoms with van der Waals surface area (Å²) in [5.74, 6) is 0.836. The van der Waals surface area contributed by atoms with Gasteiger partial charge in [0.1, 0.15) is 0 Å². The van der Waals surface area contributed by atoms with E-state index in [1.807, 2.05) is 13.8 Å². The van der Waals surface area contributed by atoms with Crippen molar-refractivity contribution in [2.45, 2.75) is 38.7 Å². The predicted molar refractivity (Wildman–Crippen MR) is 60.7 cm³/mol. The van der Waals surface area contributed by atoms with E-state index < -0.39 is 0 Å². The average molecular weight is 222 g/mol. The van der Waals surface area contributed by atoms with Crippen LogP contribution in [0.2, 0.25) is 0 Å². The molecule has 0 aliphatic carbocycles. The standard InChI is InChI=1S/C10H22O3S/c1-4-12-10(13-5-2)8-14-9(3)6-7-11/h9-11H,4-8H2,1-3H3. The Bertz CT molecular complexity index is 116. The van der Waals surface area contributed by atoms with Crippen molar-refractivity contribution in [1.29, 1.82) is 0 Å². The van der Waals surface area contributed by atoms with Gasteiger partial charge in [0, 0.05) is 30.8 Å². The smallest absolute Gasteiger partial charge is 0.166 e. The van der Waals surface area contributed by atoms with E-state index in [2.05, 4.69) is 6.92 Å². The number of rotatable bonds is 9. The van der Waals surface area contributed by atoms with E-state index >= 15 is 0 Å². The van der Waals surface area contributed by atoms with Crippen LogP contribution in [0.25, 0.3) is 0 Å². The number of hydrogen-bond donors (Lipinski definition) is 1. The maximum atomic E-state index is 8.73. The first-order chi connectivity index (χ1) is 6.74. The molecule has 1 atom stereocenters. The van der Waals surface area contributed by atoms with Crippen LogP contribution in [-0.2, 0) is 9.47 Å². The Balaban J connectivity index is 3.57.